The first kappa shape index (κ1) is 13.3. The van der Waals surface area contributed by atoms with Crippen molar-refractivity contribution in [1.82, 2.24) is 5.32 Å². The summed E-state index contributed by atoms with van der Waals surface area (Å²) in [7, 11) is 0. The van der Waals surface area contributed by atoms with Gasteiger partial charge < -0.3 is 15.5 Å². The summed E-state index contributed by atoms with van der Waals surface area (Å²) < 4.78 is 0. The summed E-state index contributed by atoms with van der Waals surface area (Å²) in [6.45, 7) is 4.41. The molecule has 3 nitrogen and oxygen atoms in total. The number of phenols is 1. The van der Waals surface area contributed by atoms with Gasteiger partial charge in [-0.2, -0.15) is 0 Å². The van der Waals surface area contributed by atoms with Crippen molar-refractivity contribution < 1.29 is 10.2 Å². The van der Waals surface area contributed by atoms with Crippen LogP contribution in [-0.4, -0.2) is 22.9 Å². The van der Waals surface area contributed by atoms with Gasteiger partial charge in [-0.05, 0) is 31.0 Å². The van der Waals surface area contributed by atoms with Crippen molar-refractivity contribution in [3.8, 4) is 5.75 Å². The average molecular weight is 244 g/mol. The Bertz CT molecular complexity index is 351. The Kier molecular flexibility index (Phi) is 5.06. The lowest BCUT2D eigenvalue weighted by Gasteiger charge is -2.15. The maximum atomic E-state index is 9.82. The van der Waals surface area contributed by atoms with E-state index in [1.807, 2.05) is 13.8 Å². The van der Waals surface area contributed by atoms with Gasteiger partial charge in [-0.3, -0.25) is 0 Å². The van der Waals surface area contributed by atoms with Gasteiger partial charge in [0, 0.05) is 23.2 Å². The lowest BCUT2D eigenvalue weighted by atomic mass is 10.1. The molecular weight excluding hydrogens is 226 g/mol. The van der Waals surface area contributed by atoms with E-state index in [1.54, 1.807) is 12.1 Å². The molecule has 1 aromatic carbocycles. The summed E-state index contributed by atoms with van der Waals surface area (Å²) in [5.41, 5.74) is 1.53. The molecule has 0 amide bonds. The topological polar surface area (TPSA) is 52.5 Å². The van der Waals surface area contributed by atoms with E-state index in [4.69, 9.17) is 16.7 Å². The maximum absolute atomic E-state index is 9.82. The molecule has 4 heteroatoms. The molecule has 0 aliphatic carbocycles. The molecule has 0 aliphatic heterocycles. The van der Waals surface area contributed by atoms with Gasteiger partial charge in [0.2, 0.25) is 0 Å². The van der Waals surface area contributed by atoms with Crippen LogP contribution >= 0.6 is 11.6 Å². The summed E-state index contributed by atoms with van der Waals surface area (Å²) in [6.07, 6.45) is 0.844. The highest BCUT2D eigenvalue weighted by molar-refractivity contribution is 6.30. The van der Waals surface area contributed by atoms with Gasteiger partial charge in [0.05, 0.1) is 6.61 Å². The van der Waals surface area contributed by atoms with Crippen LogP contribution in [-0.2, 0) is 6.54 Å². The fraction of sp³-hybridized carbons (Fsp3) is 0.500. The van der Waals surface area contributed by atoms with Gasteiger partial charge in [-0.15, -0.1) is 0 Å². The van der Waals surface area contributed by atoms with Crippen LogP contribution in [0.25, 0.3) is 0 Å². The molecule has 1 unspecified atom stereocenters. The van der Waals surface area contributed by atoms with E-state index < -0.39 is 0 Å². The van der Waals surface area contributed by atoms with E-state index in [0.717, 1.165) is 17.5 Å². The molecule has 0 saturated heterocycles. The second kappa shape index (κ2) is 6.09. The van der Waals surface area contributed by atoms with Crippen molar-refractivity contribution >= 4 is 11.6 Å². The second-order valence-electron chi connectivity index (χ2n) is 3.90. The van der Waals surface area contributed by atoms with Crippen LogP contribution in [0.1, 0.15) is 24.5 Å². The summed E-state index contributed by atoms with van der Waals surface area (Å²) in [5, 5.41) is 22.6. The molecule has 0 aromatic heterocycles. The number of nitrogens with one attached hydrogen (secondary N) is 1. The van der Waals surface area contributed by atoms with Crippen molar-refractivity contribution in [3.05, 3.63) is 28.3 Å². The Balaban J connectivity index is 2.73. The molecule has 0 radical (unpaired) electrons. The number of halogens is 1. The van der Waals surface area contributed by atoms with Crippen LogP contribution in [0, 0.1) is 6.92 Å². The van der Waals surface area contributed by atoms with Crippen molar-refractivity contribution in [2.75, 3.05) is 6.61 Å². The number of aliphatic hydroxyl groups excluding tert-OH is 1. The van der Waals surface area contributed by atoms with E-state index in [9.17, 15) is 5.11 Å². The number of aryl methyl sites for hydroxylation is 1. The molecule has 0 saturated carbocycles. The van der Waals surface area contributed by atoms with Crippen LogP contribution in [0.4, 0.5) is 0 Å². The zero-order chi connectivity index (χ0) is 12.1. The molecule has 0 heterocycles. The van der Waals surface area contributed by atoms with E-state index in [2.05, 4.69) is 5.32 Å². The van der Waals surface area contributed by atoms with Crippen LogP contribution in [0.5, 0.6) is 5.75 Å². The van der Waals surface area contributed by atoms with Crippen LogP contribution in [0.2, 0.25) is 5.02 Å². The van der Waals surface area contributed by atoms with E-state index in [1.165, 1.54) is 0 Å². The summed E-state index contributed by atoms with van der Waals surface area (Å²) >= 11 is 5.92. The van der Waals surface area contributed by atoms with E-state index >= 15 is 0 Å². The Morgan fingerprint density at radius 3 is 2.69 bits per heavy atom. The third-order valence-electron chi connectivity index (χ3n) is 2.64. The zero-order valence-electron chi connectivity index (χ0n) is 9.63. The molecule has 0 aliphatic rings. The average Bonchev–Trinajstić information content (AvgIpc) is 2.26. The molecule has 0 bridgehead atoms. The standard InChI is InChI=1S/C12H18ClNO2/c1-3-11(7-15)14-6-9-5-10(13)4-8(2)12(9)16/h4-5,11,14-16H,3,6-7H2,1-2H3. The first-order chi connectivity index (χ1) is 7.58. The molecule has 0 spiro atoms. The summed E-state index contributed by atoms with van der Waals surface area (Å²) in [6, 6.07) is 3.52. The van der Waals surface area contributed by atoms with Gasteiger partial charge in [-0.1, -0.05) is 18.5 Å². The van der Waals surface area contributed by atoms with Crippen LogP contribution in [0.3, 0.4) is 0 Å². The van der Waals surface area contributed by atoms with E-state index in [0.29, 0.717) is 11.6 Å². The largest absolute Gasteiger partial charge is 0.507 e. The highest BCUT2D eigenvalue weighted by atomic mass is 35.5. The molecule has 1 atom stereocenters. The smallest absolute Gasteiger partial charge is 0.123 e. The van der Waals surface area contributed by atoms with Crippen molar-refractivity contribution in [2.24, 2.45) is 0 Å². The highest BCUT2D eigenvalue weighted by Crippen LogP contribution is 2.26. The van der Waals surface area contributed by atoms with Gasteiger partial charge in [0.25, 0.3) is 0 Å². The number of hydrogen-bond acceptors (Lipinski definition) is 3. The Labute approximate surface area is 101 Å². The predicted octanol–water partition coefficient (Wildman–Crippen LogP) is 2.21. The number of rotatable bonds is 5. The molecule has 16 heavy (non-hydrogen) atoms. The molecule has 90 valence electrons. The number of benzene rings is 1. The SMILES string of the molecule is CCC(CO)NCc1cc(Cl)cc(C)c1O. The number of aliphatic hydroxyl groups is 1. The third-order valence-corrected chi connectivity index (χ3v) is 2.86. The van der Waals surface area contributed by atoms with Crippen LogP contribution in [0.15, 0.2) is 12.1 Å². The molecule has 1 rings (SSSR count). The van der Waals surface area contributed by atoms with Crippen molar-refractivity contribution in [1.29, 1.82) is 0 Å². The summed E-state index contributed by atoms with van der Waals surface area (Å²) in [5.74, 6) is 0.268. The first-order valence-corrected chi connectivity index (χ1v) is 5.78. The molecule has 3 N–H and O–H groups in total. The normalized spacial score (nSPS) is 12.8. The van der Waals surface area contributed by atoms with Gasteiger partial charge in [0.1, 0.15) is 5.75 Å². The number of phenolic OH excluding ortho intramolecular Hbond substituents is 1. The lowest BCUT2D eigenvalue weighted by molar-refractivity contribution is 0.238. The van der Waals surface area contributed by atoms with Gasteiger partial charge in [-0.25, -0.2) is 0 Å². The fourth-order valence-corrected chi connectivity index (χ4v) is 1.83. The minimum absolute atomic E-state index is 0.0543. The minimum Gasteiger partial charge on any atom is -0.507 e. The fourth-order valence-electron chi connectivity index (χ4n) is 1.53. The highest BCUT2D eigenvalue weighted by Gasteiger charge is 2.08. The third kappa shape index (κ3) is 3.37. The zero-order valence-corrected chi connectivity index (χ0v) is 10.4. The number of hydrogen-bond donors (Lipinski definition) is 3. The van der Waals surface area contributed by atoms with E-state index in [-0.39, 0.29) is 18.4 Å². The maximum Gasteiger partial charge on any atom is 0.123 e. The molecular formula is C12H18ClNO2. The quantitative estimate of drug-likeness (QED) is 0.743. The Hall–Kier alpha value is -0.770. The van der Waals surface area contributed by atoms with Gasteiger partial charge >= 0.3 is 0 Å². The van der Waals surface area contributed by atoms with Crippen LogP contribution < -0.4 is 5.32 Å². The lowest BCUT2D eigenvalue weighted by Crippen LogP contribution is -2.31. The van der Waals surface area contributed by atoms with Gasteiger partial charge in [0.15, 0.2) is 0 Å². The predicted molar refractivity (Wildman–Crippen MR) is 65.9 cm³/mol. The Morgan fingerprint density at radius 2 is 2.12 bits per heavy atom. The Morgan fingerprint density at radius 1 is 1.44 bits per heavy atom. The first-order valence-electron chi connectivity index (χ1n) is 5.40. The minimum atomic E-state index is 0.0543. The molecule has 1 aromatic rings. The van der Waals surface area contributed by atoms with Crippen molar-refractivity contribution in [3.63, 3.8) is 0 Å². The summed E-state index contributed by atoms with van der Waals surface area (Å²) in [4.78, 5) is 0. The van der Waals surface area contributed by atoms with Crippen molar-refractivity contribution in [2.45, 2.75) is 32.9 Å². The molecule has 0 fully saturated rings. The second-order valence-corrected chi connectivity index (χ2v) is 4.34. The number of aromatic hydroxyl groups is 1. The monoisotopic (exact) mass is 243 g/mol.